The van der Waals surface area contributed by atoms with Crippen LogP contribution in [0.25, 0.3) is 11.0 Å². The molecular formula is C16H21ClN6O2. The molecule has 0 bridgehead atoms. The monoisotopic (exact) mass is 364 g/mol. The summed E-state index contributed by atoms with van der Waals surface area (Å²) in [6.07, 6.45) is 1.84. The minimum absolute atomic E-state index is 0. The third-order valence-corrected chi connectivity index (χ3v) is 4.60. The highest BCUT2D eigenvalue weighted by Gasteiger charge is 2.24. The zero-order chi connectivity index (χ0) is 16.5. The van der Waals surface area contributed by atoms with Crippen molar-refractivity contribution in [2.75, 3.05) is 13.1 Å². The first kappa shape index (κ1) is 17.7. The lowest BCUT2D eigenvalue weighted by Crippen LogP contribution is -2.36. The average molecular weight is 365 g/mol. The summed E-state index contributed by atoms with van der Waals surface area (Å²) in [5.74, 6) is 1.13. The molecule has 1 saturated heterocycles. The number of fused-ring (bicyclic) bond motifs is 1. The Kier molecular flexibility index (Phi) is 5.22. The molecule has 0 atom stereocenters. The number of halogens is 1. The van der Waals surface area contributed by atoms with E-state index in [0.717, 1.165) is 37.0 Å². The molecule has 0 spiro atoms. The molecule has 1 aromatic carbocycles. The first-order valence-electron chi connectivity index (χ1n) is 8.17. The number of benzene rings is 1. The predicted molar refractivity (Wildman–Crippen MR) is 95.5 cm³/mol. The maximum absolute atomic E-state index is 12.3. The van der Waals surface area contributed by atoms with Crippen molar-refractivity contribution in [2.24, 2.45) is 5.73 Å². The summed E-state index contributed by atoms with van der Waals surface area (Å²) in [6, 6.07) is 8.05. The van der Waals surface area contributed by atoms with Crippen LogP contribution in [0.2, 0.25) is 0 Å². The number of likely N-dealkylation sites (tertiary alicyclic amines) is 1. The second-order valence-corrected chi connectivity index (χ2v) is 6.13. The lowest BCUT2D eigenvalue weighted by atomic mass is 10.0. The lowest BCUT2D eigenvalue weighted by Gasteiger charge is -2.31. The lowest BCUT2D eigenvalue weighted by molar-refractivity contribution is 0.174. The molecule has 0 radical (unpaired) electrons. The van der Waals surface area contributed by atoms with Crippen molar-refractivity contribution >= 4 is 23.4 Å². The Morgan fingerprint density at radius 3 is 2.76 bits per heavy atom. The molecule has 4 rings (SSSR count). The van der Waals surface area contributed by atoms with Gasteiger partial charge in [0.2, 0.25) is 5.89 Å². The third kappa shape index (κ3) is 3.46. The molecule has 9 heteroatoms. The van der Waals surface area contributed by atoms with Gasteiger partial charge in [-0.05, 0) is 25.0 Å². The summed E-state index contributed by atoms with van der Waals surface area (Å²) < 4.78 is 6.93. The molecule has 25 heavy (non-hydrogen) atoms. The van der Waals surface area contributed by atoms with Gasteiger partial charge in [0.1, 0.15) is 0 Å². The van der Waals surface area contributed by atoms with Gasteiger partial charge >= 0.3 is 5.69 Å². The molecule has 0 saturated carbocycles. The first-order valence-corrected chi connectivity index (χ1v) is 8.17. The number of piperidine rings is 1. The highest BCUT2D eigenvalue weighted by molar-refractivity contribution is 5.85. The van der Waals surface area contributed by atoms with Crippen LogP contribution < -0.4 is 11.4 Å². The second kappa shape index (κ2) is 7.38. The molecular weight excluding hydrogens is 344 g/mol. The molecule has 134 valence electrons. The van der Waals surface area contributed by atoms with Crippen LogP contribution in [0.5, 0.6) is 0 Å². The van der Waals surface area contributed by atoms with Crippen LogP contribution in [0.4, 0.5) is 0 Å². The van der Waals surface area contributed by atoms with Crippen LogP contribution in [0.3, 0.4) is 0 Å². The summed E-state index contributed by atoms with van der Waals surface area (Å²) in [4.78, 5) is 21.8. The van der Waals surface area contributed by atoms with E-state index in [9.17, 15) is 4.79 Å². The van der Waals surface area contributed by atoms with Gasteiger partial charge in [-0.3, -0.25) is 9.47 Å². The standard InChI is InChI=1S/C16H20N6O2.ClH/c17-9-15-19-14(20-24-15)10-21-7-5-11(6-8-21)22-13-4-2-1-3-12(13)18-16(22)23;/h1-4,11H,5-10,17H2,(H,18,23);1H. The van der Waals surface area contributed by atoms with E-state index in [1.54, 1.807) is 0 Å². The van der Waals surface area contributed by atoms with E-state index in [1.807, 2.05) is 28.8 Å². The Balaban J connectivity index is 0.00000182. The molecule has 1 fully saturated rings. The van der Waals surface area contributed by atoms with Crippen molar-refractivity contribution in [3.8, 4) is 0 Å². The van der Waals surface area contributed by atoms with E-state index in [1.165, 1.54) is 0 Å². The fourth-order valence-electron chi connectivity index (χ4n) is 3.41. The average Bonchev–Trinajstić information content (AvgIpc) is 3.19. The van der Waals surface area contributed by atoms with Crippen LogP contribution in [0, 0.1) is 0 Å². The van der Waals surface area contributed by atoms with Crippen LogP contribution in [0.1, 0.15) is 30.6 Å². The number of nitrogens with two attached hydrogens (primary N) is 1. The van der Waals surface area contributed by atoms with E-state index >= 15 is 0 Å². The molecule has 8 nitrogen and oxygen atoms in total. The van der Waals surface area contributed by atoms with Gasteiger partial charge in [0.05, 0.1) is 24.1 Å². The second-order valence-electron chi connectivity index (χ2n) is 6.13. The summed E-state index contributed by atoms with van der Waals surface area (Å²) in [5, 5.41) is 3.94. The highest BCUT2D eigenvalue weighted by atomic mass is 35.5. The summed E-state index contributed by atoms with van der Waals surface area (Å²) in [5.41, 5.74) is 7.33. The van der Waals surface area contributed by atoms with E-state index in [4.69, 9.17) is 10.3 Å². The fraction of sp³-hybridized carbons (Fsp3) is 0.438. The zero-order valence-electron chi connectivity index (χ0n) is 13.7. The van der Waals surface area contributed by atoms with Gasteiger partial charge in [0.15, 0.2) is 5.82 Å². The Morgan fingerprint density at radius 1 is 1.28 bits per heavy atom. The smallest absolute Gasteiger partial charge is 0.326 e. The van der Waals surface area contributed by atoms with Gasteiger partial charge in [0.25, 0.3) is 0 Å². The van der Waals surface area contributed by atoms with Crippen molar-refractivity contribution in [1.82, 2.24) is 24.6 Å². The Bertz CT molecular complexity index is 893. The Morgan fingerprint density at radius 2 is 2.04 bits per heavy atom. The number of rotatable bonds is 4. The summed E-state index contributed by atoms with van der Waals surface area (Å²) in [7, 11) is 0. The quantitative estimate of drug-likeness (QED) is 0.725. The van der Waals surface area contributed by atoms with Crippen molar-refractivity contribution in [3.05, 3.63) is 46.5 Å². The molecule has 0 unspecified atom stereocenters. The van der Waals surface area contributed by atoms with Gasteiger partial charge in [-0.15, -0.1) is 12.4 Å². The van der Waals surface area contributed by atoms with Crippen LogP contribution >= 0.6 is 12.4 Å². The van der Waals surface area contributed by atoms with Gasteiger partial charge in [-0.1, -0.05) is 17.3 Å². The molecule has 1 aliphatic heterocycles. The number of aromatic amines is 1. The van der Waals surface area contributed by atoms with Crippen molar-refractivity contribution in [2.45, 2.75) is 32.0 Å². The molecule has 3 heterocycles. The third-order valence-electron chi connectivity index (χ3n) is 4.60. The zero-order valence-corrected chi connectivity index (χ0v) is 14.5. The highest BCUT2D eigenvalue weighted by Crippen LogP contribution is 2.25. The number of hydrogen-bond donors (Lipinski definition) is 2. The van der Waals surface area contributed by atoms with Crippen LogP contribution in [-0.4, -0.2) is 37.7 Å². The number of aromatic nitrogens is 4. The van der Waals surface area contributed by atoms with Gasteiger partial charge in [-0.25, -0.2) is 4.79 Å². The molecule has 0 aliphatic carbocycles. The topological polar surface area (TPSA) is 106 Å². The Labute approximate surface area is 150 Å². The number of nitrogens with one attached hydrogen (secondary N) is 1. The van der Waals surface area contributed by atoms with E-state index in [0.29, 0.717) is 18.3 Å². The predicted octanol–water partition coefficient (Wildman–Crippen LogP) is 1.43. The first-order chi connectivity index (χ1) is 11.7. The van der Waals surface area contributed by atoms with E-state index in [-0.39, 0.29) is 30.7 Å². The maximum atomic E-state index is 12.3. The normalized spacial score (nSPS) is 16.2. The SMILES string of the molecule is Cl.NCc1nc(CN2CCC(n3c(=O)[nH]c4ccccc43)CC2)no1. The molecule has 2 aromatic heterocycles. The molecule has 3 N–H and O–H groups in total. The van der Waals surface area contributed by atoms with Crippen LogP contribution in [0.15, 0.2) is 33.6 Å². The summed E-state index contributed by atoms with van der Waals surface area (Å²) in [6.45, 7) is 2.70. The number of hydrogen-bond acceptors (Lipinski definition) is 6. The maximum Gasteiger partial charge on any atom is 0.326 e. The Hall–Kier alpha value is -2.16. The van der Waals surface area contributed by atoms with Gasteiger partial charge in [-0.2, -0.15) is 4.98 Å². The molecule has 0 amide bonds. The summed E-state index contributed by atoms with van der Waals surface area (Å²) >= 11 is 0. The van der Waals surface area contributed by atoms with Crippen molar-refractivity contribution in [3.63, 3.8) is 0 Å². The molecule has 1 aliphatic rings. The van der Waals surface area contributed by atoms with Crippen molar-refractivity contribution in [1.29, 1.82) is 0 Å². The van der Waals surface area contributed by atoms with Crippen LogP contribution in [-0.2, 0) is 13.1 Å². The number of H-pyrrole nitrogens is 1. The van der Waals surface area contributed by atoms with Crippen molar-refractivity contribution < 1.29 is 4.52 Å². The minimum atomic E-state index is -0.0274. The van der Waals surface area contributed by atoms with Gasteiger partial charge in [0, 0.05) is 19.1 Å². The number of imidazole rings is 1. The van der Waals surface area contributed by atoms with E-state index in [2.05, 4.69) is 20.0 Å². The number of para-hydroxylation sites is 2. The fourth-order valence-corrected chi connectivity index (χ4v) is 3.41. The van der Waals surface area contributed by atoms with E-state index < -0.39 is 0 Å². The minimum Gasteiger partial charge on any atom is -0.338 e. The number of nitrogens with zero attached hydrogens (tertiary/aromatic N) is 4. The van der Waals surface area contributed by atoms with Gasteiger partial charge < -0.3 is 15.2 Å². The largest absolute Gasteiger partial charge is 0.338 e. The molecule has 3 aromatic rings.